The first-order valence-corrected chi connectivity index (χ1v) is 10.3. The van der Waals surface area contributed by atoms with Crippen molar-refractivity contribution in [2.24, 2.45) is 0 Å². The number of halogens is 1. The predicted molar refractivity (Wildman–Crippen MR) is 108 cm³/mol. The molecule has 0 saturated heterocycles. The van der Waals surface area contributed by atoms with Gasteiger partial charge in [0.25, 0.3) is 10.0 Å². The number of hydrogen-bond donors (Lipinski definition) is 1. The van der Waals surface area contributed by atoms with Gasteiger partial charge in [0, 0.05) is 24.1 Å². The molecule has 0 unspecified atom stereocenters. The minimum atomic E-state index is -3.83. The van der Waals surface area contributed by atoms with Crippen LogP contribution >= 0.6 is 0 Å². The summed E-state index contributed by atoms with van der Waals surface area (Å²) in [5.41, 5.74) is 0.336. The summed E-state index contributed by atoms with van der Waals surface area (Å²) in [5.74, 6) is 1.36. The second-order valence-corrected chi connectivity index (χ2v) is 7.93. The highest BCUT2D eigenvalue weighted by Crippen LogP contribution is 2.24. The molecule has 30 heavy (non-hydrogen) atoms. The number of nitrogens with zero attached hydrogens (tertiary/aromatic N) is 4. The molecule has 10 heteroatoms. The molecule has 0 aliphatic heterocycles. The van der Waals surface area contributed by atoms with Gasteiger partial charge in [-0.2, -0.15) is 10.1 Å². The molecule has 0 aliphatic rings. The molecule has 0 fully saturated rings. The Morgan fingerprint density at radius 1 is 1.03 bits per heavy atom. The van der Waals surface area contributed by atoms with Crippen molar-refractivity contribution in [3.8, 4) is 17.4 Å². The monoisotopic (exact) mass is 425 g/mol. The highest BCUT2D eigenvalue weighted by Gasteiger charge is 2.14. The van der Waals surface area contributed by atoms with Gasteiger partial charge in [0.05, 0.1) is 4.90 Å². The average Bonchev–Trinajstić information content (AvgIpc) is 3.24. The number of benzene rings is 2. The summed E-state index contributed by atoms with van der Waals surface area (Å²) in [6.45, 7) is 1.74. The number of sulfonamides is 1. The van der Waals surface area contributed by atoms with Crippen LogP contribution in [0.2, 0.25) is 0 Å². The Labute approximate surface area is 172 Å². The van der Waals surface area contributed by atoms with Crippen molar-refractivity contribution in [3.05, 3.63) is 84.7 Å². The Morgan fingerprint density at radius 2 is 1.77 bits per heavy atom. The third-order valence-electron chi connectivity index (χ3n) is 3.99. The van der Waals surface area contributed by atoms with Gasteiger partial charge in [0.1, 0.15) is 17.4 Å². The van der Waals surface area contributed by atoms with Gasteiger partial charge in [-0.15, -0.1) is 0 Å². The van der Waals surface area contributed by atoms with E-state index in [1.807, 2.05) is 0 Å². The first-order chi connectivity index (χ1) is 14.4. The van der Waals surface area contributed by atoms with Crippen molar-refractivity contribution in [1.82, 2.24) is 19.7 Å². The first kappa shape index (κ1) is 19.5. The third-order valence-corrected chi connectivity index (χ3v) is 5.39. The van der Waals surface area contributed by atoms with Crippen LogP contribution in [-0.2, 0) is 10.0 Å². The van der Waals surface area contributed by atoms with Crippen molar-refractivity contribution >= 4 is 15.7 Å². The molecule has 152 valence electrons. The van der Waals surface area contributed by atoms with E-state index in [9.17, 15) is 12.8 Å². The zero-order valence-electron chi connectivity index (χ0n) is 15.7. The number of aryl methyl sites for hydroxylation is 1. The van der Waals surface area contributed by atoms with Crippen LogP contribution in [0.25, 0.3) is 5.82 Å². The maximum absolute atomic E-state index is 13.0. The van der Waals surface area contributed by atoms with E-state index in [-0.39, 0.29) is 4.90 Å². The van der Waals surface area contributed by atoms with Crippen LogP contribution in [0.15, 0.2) is 78.0 Å². The predicted octanol–water partition coefficient (Wildman–Crippen LogP) is 3.70. The summed E-state index contributed by atoms with van der Waals surface area (Å²) in [6, 6.07) is 14.3. The molecule has 0 atom stereocenters. The lowest BCUT2D eigenvalue weighted by atomic mass is 10.3. The molecule has 0 aliphatic carbocycles. The van der Waals surface area contributed by atoms with Gasteiger partial charge in [0.15, 0.2) is 5.82 Å². The second kappa shape index (κ2) is 7.91. The van der Waals surface area contributed by atoms with Gasteiger partial charge in [0.2, 0.25) is 5.88 Å². The highest BCUT2D eigenvalue weighted by molar-refractivity contribution is 7.92. The number of ether oxygens (including phenoxy) is 1. The van der Waals surface area contributed by atoms with Gasteiger partial charge in [-0.1, -0.05) is 0 Å². The lowest BCUT2D eigenvalue weighted by Gasteiger charge is -2.10. The molecule has 4 rings (SSSR count). The molecule has 0 radical (unpaired) electrons. The molecule has 4 aromatic rings. The lowest BCUT2D eigenvalue weighted by Crippen LogP contribution is -2.12. The molecule has 0 amide bonds. The smallest absolute Gasteiger partial charge is 0.261 e. The minimum absolute atomic E-state index is 0.0353. The van der Waals surface area contributed by atoms with E-state index in [1.54, 1.807) is 60.4 Å². The number of aromatic nitrogens is 4. The van der Waals surface area contributed by atoms with Crippen LogP contribution in [0, 0.1) is 12.7 Å². The van der Waals surface area contributed by atoms with E-state index in [0.29, 0.717) is 29.0 Å². The molecule has 0 spiro atoms. The topological polar surface area (TPSA) is 99.0 Å². The standard InChI is InChI=1S/C20H16FN5O3S/c1-14-23-19(26-12-2-11-22-26)13-20(24-14)29-17-7-5-16(6-8-17)25-30(27,28)18-9-3-15(21)4-10-18/h2-13,25H,1H3. The van der Waals surface area contributed by atoms with Crippen LogP contribution in [0.5, 0.6) is 11.6 Å². The Bertz CT molecular complexity index is 1260. The molecule has 2 aromatic carbocycles. The summed E-state index contributed by atoms with van der Waals surface area (Å²) < 4.78 is 47.6. The fraction of sp³-hybridized carbons (Fsp3) is 0.0500. The summed E-state index contributed by atoms with van der Waals surface area (Å²) in [6.07, 6.45) is 3.40. The average molecular weight is 425 g/mol. The number of anilines is 1. The quantitative estimate of drug-likeness (QED) is 0.506. The summed E-state index contributed by atoms with van der Waals surface area (Å²) in [7, 11) is -3.83. The molecule has 2 heterocycles. The van der Waals surface area contributed by atoms with Crippen molar-refractivity contribution in [1.29, 1.82) is 0 Å². The summed E-state index contributed by atoms with van der Waals surface area (Å²) >= 11 is 0. The molecule has 2 aromatic heterocycles. The zero-order valence-corrected chi connectivity index (χ0v) is 16.5. The van der Waals surface area contributed by atoms with Gasteiger partial charge in [-0.25, -0.2) is 22.5 Å². The van der Waals surface area contributed by atoms with E-state index in [4.69, 9.17) is 4.74 Å². The number of rotatable bonds is 6. The maximum atomic E-state index is 13.0. The van der Waals surface area contributed by atoms with Crippen LogP contribution in [0.3, 0.4) is 0 Å². The van der Waals surface area contributed by atoms with Crippen LogP contribution < -0.4 is 9.46 Å². The Morgan fingerprint density at radius 3 is 2.43 bits per heavy atom. The fourth-order valence-electron chi connectivity index (χ4n) is 2.64. The SMILES string of the molecule is Cc1nc(Oc2ccc(NS(=O)(=O)c3ccc(F)cc3)cc2)cc(-n2cccn2)n1. The lowest BCUT2D eigenvalue weighted by molar-refractivity contribution is 0.459. The molecule has 0 saturated carbocycles. The van der Waals surface area contributed by atoms with Gasteiger partial charge in [-0.05, 0) is 61.5 Å². The first-order valence-electron chi connectivity index (χ1n) is 8.81. The van der Waals surface area contributed by atoms with Crippen LogP contribution in [0.1, 0.15) is 5.82 Å². The molecular formula is C20H16FN5O3S. The number of hydrogen-bond acceptors (Lipinski definition) is 6. The summed E-state index contributed by atoms with van der Waals surface area (Å²) in [5, 5.41) is 4.14. The third kappa shape index (κ3) is 4.44. The fourth-order valence-corrected chi connectivity index (χ4v) is 3.70. The minimum Gasteiger partial charge on any atom is -0.439 e. The Hall–Kier alpha value is -3.79. The summed E-state index contributed by atoms with van der Waals surface area (Å²) in [4.78, 5) is 8.53. The number of nitrogens with one attached hydrogen (secondary N) is 1. The van der Waals surface area contributed by atoms with E-state index in [0.717, 1.165) is 12.1 Å². The Kier molecular flexibility index (Phi) is 5.15. The van der Waals surface area contributed by atoms with Crippen molar-refractivity contribution in [2.45, 2.75) is 11.8 Å². The van der Waals surface area contributed by atoms with E-state index in [2.05, 4.69) is 19.8 Å². The van der Waals surface area contributed by atoms with Crippen LogP contribution in [0.4, 0.5) is 10.1 Å². The van der Waals surface area contributed by atoms with Crippen molar-refractivity contribution in [3.63, 3.8) is 0 Å². The molecular weight excluding hydrogens is 409 g/mol. The van der Waals surface area contributed by atoms with Crippen LogP contribution in [-0.4, -0.2) is 28.2 Å². The van der Waals surface area contributed by atoms with E-state index < -0.39 is 15.8 Å². The van der Waals surface area contributed by atoms with Gasteiger partial charge >= 0.3 is 0 Å². The largest absolute Gasteiger partial charge is 0.439 e. The zero-order chi connectivity index (χ0) is 21.1. The van der Waals surface area contributed by atoms with Crippen molar-refractivity contribution < 1.29 is 17.5 Å². The van der Waals surface area contributed by atoms with Crippen molar-refractivity contribution in [2.75, 3.05) is 4.72 Å². The molecule has 8 nitrogen and oxygen atoms in total. The molecule has 0 bridgehead atoms. The van der Waals surface area contributed by atoms with Gasteiger partial charge in [-0.3, -0.25) is 4.72 Å². The Balaban J connectivity index is 1.50. The maximum Gasteiger partial charge on any atom is 0.261 e. The van der Waals surface area contributed by atoms with E-state index in [1.165, 1.54) is 12.1 Å². The van der Waals surface area contributed by atoms with Gasteiger partial charge < -0.3 is 4.74 Å². The van der Waals surface area contributed by atoms with E-state index >= 15 is 0 Å². The second-order valence-electron chi connectivity index (χ2n) is 6.25. The normalized spacial score (nSPS) is 11.3. The molecule has 1 N–H and O–H groups in total. The highest BCUT2D eigenvalue weighted by atomic mass is 32.2.